The maximum atomic E-state index is 11.5. The molecule has 1 heteroatoms. The quantitative estimate of drug-likeness (QED) is 0.568. The van der Waals surface area contributed by atoms with Gasteiger partial charge in [-0.25, -0.2) is 0 Å². The van der Waals surface area contributed by atoms with Crippen LogP contribution in [0.25, 0.3) is 0 Å². The van der Waals surface area contributed by atoms with E-state index in [1.165, 1.54) is 6.42 Å². The van der Waals surface area contributed by atoms with Crippen LogP contribution in [0.3, 0.4) is 0 Å². The molecule has 0 N–H and O–H groups in total. The van der Waals surface area contributed by atoms with E-state index in [-0.39, 0.29) is 0 Å². The zero-order chi connectivity index (χ0) is 8.27. The number of ketones is 1. The van der Waals surface area contributed by atoms with E-state index in [0.29, 0.717) is 11.7 Å². The molecule has 1 fully saturated rings. The first-order valence-corrected chi connectivity index (χ1v) is 4.49. The Morgan fingerprint density at radius 3 is 2.45 bits per heavy atom. The smallest absolute Gasteiger partial charge is 0.161 e. The summed E-state index contributed by atoms with van der Waals surface area (Å²) in [6.45, 7) is 4.00. The van der Waals surface area contributed by atoms with Gasteiger partial charge in [-0.05, 0) is 31.8 Å². The topological polar surface area (TPSA) is 17.1 Å². The summed E-state index contributed by atoms with van der Waals surface area (Å²) in [5.41, 5.74) is 1.02. The van der Waals surface area contributed by atoms with Crippen LogP contribution in [0.4, 0.5) is 0 Å². The van der Waals surface area contributed by atoms with E-state index >= 15 is 0 Å². The van der Waals surface area contributed by atoms with Crippen LogP contribution >= 0.6 is 0 Å². The van der Waals surface area contributed by atoms with E-state index < -0.39 is 0 Å². The van der Waals surface area contributed by atoms with Gasteiger partial charge in [-0.3, -0.25) is 4.79 Å². The maximum absolute atomic E-state index is 11.5. The predicted octanol–water partition coefficient (Wildman–Crippen LogP) is 2.71. The van der Waals surface area contributed by atoms with Crippen LogP contribution in [0.5, 0.6) is 0 Å². The Hall–Kier alpha value is -0.590. The normalized spacial score (nSPS) is 19.6. The number of hydrogen-bond acceptors (Lipinski definition) is 1. The van der Waals surface area contributed by atoms with Crippen molar-refractivity contribution in [1.82, 2.24) is 0 Å². The van der Waals surface area contributed by atoms with Crippen molar-refractivity contribution in [2.75, 3.05) is 0 Å². The molecule has 0 amide bonds. The molecule has 0 aromatic heterocycles. The molecule has 11 heavy (non-hydrogen) atoms. The average molecular weight is 152 g/mol. The first-order chi connectivity index (χ1) is 5.29. The van der Waals surface area contributed by atoms with Crippen LogP contribution in [0.1, 0.15) is 39.5 Å². The largest absolute Gasteiger partial charge is 0.294 e. The van der Waals surface area contributed by atoms with Crippen molar-refractivity contribution in [1.29, 1.82) is 0 Å². The lowest BCUT2D eigenvalue weighted by atomic mass is 9.79. The molecular formula is C10H16O. The summed E-state index contributed by atoms with van der Waals surface area (Å²) in [6, 6.07) is 0. The minimum Gasteiger partial charge on any atom is -0.294 e. The van der Waals surface area contributed by atoms with E-state index in [4.69, 9.17) is 0 Å². The Labute approximate surface area is 68.5 Å². The van der Waals surface area contributed by atoms with E-state index in [2.05, 4.69) is 0 Å². The first-order valence-electron chi connectivity index (χ1n) is 4.49. The van der Waals surface area contributed by atoms with Crippen molar-refractivity contribution >= 4 is 5.78 Å². The van der Waals surface area contributed by atoms with Crippen LogP contribution in [0.2, 0.25) is 0 Å². The van der Waals surface area contributed by atoms with Gasteiger partial charge in [0.25, 0.3) is 0 Å². The summed E-state index contributed by atoms with van der Waals surface area (Å²) in [4.78, 5) is 11.5. The van der Waals surface area contributed by atoms with Gasteiger partial charge in [0, 0.05) is 5.92 Å². The minimum atomic E-state index is 0.376. The molecule has 0 atom stereocenters. The van der Waals surface area contributed by atoms with Gasteiger partial charge in [0.2, 0.25) is 0 Å². The van der Waals surface area contributed by atoms with Crippen molar-refractivity contribution in [3.8, 4) is 0 Å². The van der Waals surface area contributed by atoms with Gasteiger partial charge in [-0.2, -0.15) is 0 Å². The molecule has 1 nitrogen and oxygen atoms in total. The number of hydrogen-bond donors (Lipinski definition) is 0. The highest BCUT2D eigenvalue weighted by molar-refractivity contribution is 5.97. The van der Waals surface area contributed by atoms with Gasteiger partial charge in [0.1, 0.15) is 0 Å². The van der Waals surface area contributed by atoms with Gasteiger partial charge >= 0.3 is 0 Å². The molecule has 1 aliphatic carbocycles. The summed E-state index contributed by atoms with van der Waals surface area (Å²) in [7, 11) is 0. The summed E-state index contributed by atoms with van der Waals surface area (Å²) in [6.07, 6.45) is 6.34. The van der Waals surface area contributed by atoms with Crippen LogP contribution < -0.4 is 0 Å². The number of allylic oxidation sites excluding steroid dienone is 2. The fraction of sp³-hybridized carbons (Fsp3) is 0.700. The highest BCUT2D eigenvalue weighted by Crippen LogP contribution is 2.29. The predicted molar refractivity (Wildman–Crippen MR) is 46.4 cm³/mol. The summed E-state index contributed by atoms with van der Waals surface area (Å²) in [5.74, 6) is 0.780. The highest BCUT2D eigenvalue weighted by Gasteiger charge is 2.26. The maximum Gasteiger partial charge on any atom is 0.161 e. The molecule has 1 rings (SSSR count). The lowest BCUT2D eigenvalue weighted by molar-refractivity contribution is -0.121. The van der Waals surface area contributed by atoms with Gasteiger partial charge in [0.15, 0.2) is 5.78 Å². The number of rotatable bonds is 3. The van der Waals surface area contributed by atoms with Crippen molar-refractivity contribution in [2.45, 2.75) is 39.5 Å². The lowest BCUT2D eigenvalue weighted by Gasteiger charge is -2.24. The highest BCUT2D eigenvalue weighted by atomic mass is 16.1. The molecule has 0 aliphatic heterocycles. The third-order valence-corrected chi connectivity index (χ3v) is 2.52. The number of Topliss-reactive ketones (excluding diaryl/α,β-unsaturated/α-hetero) is 1. The fourth-order valence-electron chi connectivity index (χ4n) is 1.45. The minimum absolute atomic E-state index is 0.376. The summed E-state index contributed by atoms with van der Waals surface area (Å²) >= 11 is 0. The molecule has 0 aromatic rings. The van der Waals surface area contributed by atoms with Crippen LogP contribution in [0.15, 0.2) is 11.6 Å². The first kappa shape index (κ1) is 8.51. The van der Waals surface area contributed by atoms with E-state index in [1.54, 1.807) is 0 Å². The second kappa shape index (κ2) is 3.70. The third-order valence-electron chi connectivity index (χ3n) is 2.52. The molecule has 0 heterocycles. The molecule has 1 aliphatic rings. The Kier molecular flexibility index (Phi) is 2.86. The van der Waals surface area contributed by atoms with Crippen LogP contribution in [-0.4, -0.2) is 5.78 Å². The molecule has 1 saturated carbocycles. The molecule has 0 bridgehead atoms. The van der Waals surface area contributed by atoms with Gasteiger partial charge in [-0.15, -0.1) is 0 Å². The Morgan fingerprint density at radius 2 is 2.18 bits per heavy atom. The monoisotopic (exact) mass is 152 g/mol. The molecule has 0 radical (unpaired) electrons. The van der Waals surface area contributed by atoms with Crippen LogP contribution in [0, 0.1) is 5.92 Å². The van der Waals surface area contributed by atoms with Gasteiger partial charge in [0.05, 0.1) is 0 Å². The Balaban J connectivity index is 2.51. The second-order valence-corrected chi connectivity index (χ2v) is 3.16. The van der Waals surface area contributed by atoms with Crippen molar-refractivity contribution in [2.24, 2.45) is 5.92 Å². The Bertz CT molecular complexity index is 175. The van der Waals surface area contributed by atoms with Crippen molar-refractivity contribution in [3.63, 3.8) is 0 Å². The standard InChI is InChI=1S/C10H16O/c1-3-8(4-2)10(11)9-6-5-7-9/h3,9H,4-7H2,1-2H3. The zero-order valence-electron chi connectivity index (χ0n) is 7.39. The second-order valence-electron chi connectivity index (χ2n) is 3.16. The molecule has 62 valence electrons. The lowest BCUT2D eigenvalue weighted by Crippen LogP contribution is -2.23. The van der Waals surface area contributed by atoms with Crippen molar-refractivity contribution in [3.05, 3.63) is 11.6 Å². The molecule has 0 spiro atoms. The molecule has 0 aromatic carbocycles. The molecule has 0 unspecified atom stereocenters. The van der Waals surface area contributed by atoms with E-state index in [0.717, 1.165) is 24.8 Å². The van der Waals surface area contributed by atoms with E-state index in [1.807, 2.05) is 19.9 Å². The van der Waals surface area contributed by atoms with Crippen molar-refractivity contribution < 1.29 is 4.79 Å². The van der Waals surface area contributed by atoms with Crippen LogP contribution in [-0.2, 0) is 4.79 Å². The molecular weight excluding hydrogens is 136 g/mol. The fourth-order valence-corrected chi connectivity index (χ4v) is 1.45. The summed E-state index contributed by atoms with van der Waals surface area (Å²) < 4.78 is 0. The third kappa shape index (κ3) is 1.70. The SMILES string of the molecule is CC=C(CC)C(=O)C1CCC1. The van der Waals surface area contributed by atoms with Gasteiger partial charge < -0.3 is 0 Å². The summed E-state index contributed by atoms with van der Waals surface area (Å²) in [5, 5.41) is 0. The molecule has 0 saturated heterocycles. The van der Waals surface area contributed by atoms with E-state index in [9.17, 15) is 4.79 Å². The van der Waals surface area contributed by atoms with Gasteiger partial charge in [-0.1, -0.05) is 19.4 Å². The Morgan fingerprint density at radius 1 is 1.55 bits per heavy atom. The number of carbonyl (C=O) groups is 1. The zero-order valence-corrected chi connectivity index (χ0v) is 7.39. The number of carbonyl (C=O) groups excluding carboxylic acids is 1. The average Bonchev–Trinajstić information content (AvgIpc) is 1.86.